The zero-order chi connectivity index (χ0) is 14.0. The molecule has 0 aliphatic heterocycles. The summed E-state index contributed by atoms with van der Waals surface area (Å²) in [4.78, 5) is 0. The Balaban J connectivity index is 2.12. The molecule has 0 saturated heterocycles. The van der Waals surface area contributed by atoms with Crippen LogP contribution in [-0.2, 0) is 5.67 Å². The van der Waals surface area contributed by atoms with Crippen LogP contribution in [0.3, 0.4) is 0 Å². The number of alkyl halides is 1. The Morgan fingerprint density at radius 2 is 1.60 bits per heavy atom. The van der Waals surface area contributed by atoms with Gasteiger partial charge in [-0.15, -0.1) is 0 Å². The van der Waals surface area contributed by atoms with Crippen molar-refractivity contribution in [2.24, 2.45) is 0 Å². The smallest absolute Gasteiger partial charge is 0.161 e. The maximum absolute atomic E-state index is 15.1. The second-order valence-corrected chi connectivity index (χ2v) is 4.92. The van der Waals surface area contributed by atoms with Gasteiger partial charge in [-0.3, -0.25) is 0 Å². The van der Waals surface area contributed by atoms with Gasteiger partial charge in [0.05, 0.1) is 0 Å². The molecule has 0 nitrogen and oxygen atoms in total. The first-order chi connectivity index (χ1) is 9.69. The van der Waals surface area contributed by atoms with Gasteiger partial charge >= 0.3 is 0 Å². The molecule has 2 heteroatoms. The summed E-state index contributed by atoms with van der Waals surface area (Å²) in [7, 11) is 0. The largest absolute Gasteiger partial charge is 0.234 e. The van der Waals surface area contributed by atoms with Crippen LogP contribution in [0.5, 0.6) is 0 Å². The number of hydrogen-bond donors (Lipinski definition) is 0. The Hall–Kier alpha value is -2.22. The van der Waals surface area contributed by atoms with Crippen molar-refractivity contribution in [3.05, 3.63) is 84.2 Å². The number of halogens is 2. The van der Waals surface area contributed by atoms with Crippen molar-refractivity contribution in [3.8, 4) is 11.1 Å². The average Bonchev–Trinajstić information content (AvgIpc) is 2.48. The Labute approximate surface area is 117 Å². The van der Waals surface area contributed by atoms with Crippen LogP contribution in [0.4, 0.5) is 8.78 Å². The van der Waals surface area contributed by atoms with E-state index in [1.54, 1.807) is 12.1 Å². The molecule has 0 amide bonds. The van der Waals surface area contributed by atoms with Gasteiger partial charge in [0.25, 0.3) is 0 Å². The van der Waals surface area contributed by atoms with E-state index in [4.69, 9.17) is 0 Å². The molecule has 0 bridgehead atoms. The van der Waals surface area contributed by atoms with Crippen LogP contribution in [0.1, 0.15) is 12.0 Å². The Morgan fingerprint density at radius 3 is 2.35 bits per heavy atom. The lowest BCUT2D eigenvalue weighted by atomic mass is 9.84. The van der Waals surface area contributed by atoms with E-state index in [1.165, 1.54) is 18.2 Å². The normalized spacial score (nSPS) is 21.6. The molecule has 0 fully saturated rings. The summed E-state index contributed by atoms with van der Waals surface area (Å²) in [6.45, 7) is 0. The highest BCUT2D eigenvalue weighted by atomic mass is 19.1. The highest BCUT2D eigenvalue weighted by molar-refractivity contribution is 5.69. The van der Waals surface area contributed by atoms with Crippen LogP contribution < -0.4 is 0 Å². The third kappa shape index (κ3) is 2.29. The summed E-state index contributed by atoms with van der Waals surface area (Å²) in [5, 5.41) is 0. The summed E-state index contributed by atoms with van der Waals surface area (Å²) in [6, 6.07) is 16.9. The summed E-state index contributed by atoms with van der Waals surface area (Å²) >= 11 is 0. The predicted molar refractivity (Wildman–Crippen MR) is 77.6 cm³/mol. The summed E-state index contributed by atoms with van der Waals surface area (Å²) in [5.41, 5.74) is 0.454. The first kappa shape index (κ1) is 12.8. The summed E-state index contributed by atoms with van der Waals surface area (Å²) in [6.07, 6.45) is 3.94. The monoisotopic (exact) mass is 268 g/mol. The molecule has 20 heavy (non-hydrogen) atoms. The van der Waals surface area contributed by atoms with Crippen molar-refractivity contribution in [2.45, 2.75) is 12.1 Å². The first-order valence-corrected chi connectivity index (χ1v) is 6.57. The van der Waals surface area contributed by atoms with Gasteiger partial charge in [-0.1, -0.05) is 60.7 Å². The molecule has 2 aromatic carbocycles. The molecule has 0 aromatic heterocycles. The molecule has 1 aliphatic rings. The van der Waals surface area contributed by atoms with E-state index in [2.05, 4.69) is 0 Å². The van der Waals surface area contributed by atoms with Crippen LogP contribution in [0, 0.1) is 0 Å². The van der Waals surface area contributed by atoms with E-state index < -0.39 is 11.5 Å². The third-order valence-electron chi connectivity index (χ3n) is 3.52. The minimum absolute atomic E-state index is 0.243. The third-order valence-corrected chi connectivity index (χ3v) is 3.52. The molecule has 0 saturated carbocycles. The van der Waals surface area contributed by atoms with Gasteiger partial charge < -0.3 is 0 Å². The topological polar surface area (TPSA) is 0 Å². The predicted octanol–water partition coefficient (Wildman–Crippen LogP) is 5.33. The molecule has 0 N–H and O–H groups in total. The van der Waals surface area contributed by atoms with E-state index in [1.807, 2.05) is 42.5 Å². The van der Waals surface area contributed by atoms with Crippen LogP contribution in [0.15, 0.2) is 78.7 Å². The van der Waals surface area contributed by atoms with Crippen LogP contribution in [-0.4, -0.2) is 0 Å². The molecule has 0 spiro atoms. The summed E-state index contributed by atoms with van der Waals surface area (Å²) in [5.74, 6) is -0.433. The Morgan fingerprint density at radius 1 is 0.900 bits per heavy atom. The summed E-state index contributed by atoms with van der Waals surface area (Å²) < 4.78 is 28.6. The minimum Gasteiger partial charge on any atom is -0.234 e. The molecular formula is C18H14F2. The minimum atomic E-state index is -1.79. The SMILES string of the molecule is FC1=CC=CC(F)(c2ccccc2-c2ccccc2)C1. The van der Waals surface area contributed by atoms with Gasteiger partial charge in [-0.25, -0.2) is 8.78 Å². The number of benzene rings is 2. The van der Waals surface area contributed by atoms with Crippen molar-refractivity contribution in [2.75, 3.05) is 0 Å². The van der Waals surface area contributed by atoms with Gasteiger partial charge in [-0.05, 0) is 23.3 Å². The zero-order valence-electron chi connectivity index (χ0n) is 10.9. The van der Waals surface area contributed by atoms with Crippen LogP contribution in [0.2, 0.25) is 0 Å². The van der Waals surface area contributed by atoms with E-state index >= 15 is 4.39 Å². The molecule has 0 heterocycles. The maximum Gasteiger partial charge on any atom is 0.161 e. The fraction of sp³-hybridized carbons (Fsp3) is 0.111. The van der Waals surface area contributed by atoms with Gasteiger partial charge in [0.15, 0.2) is 5.67 Å². The number of rotatable bonds is 2. The average molecular weight is 268 g/mol. The van der Waals surface area contributed by atoms with Crippen molar-refractivity contribution >= 4 is 0 Å². The molecule has 2 aromatic rings. The van der Waals surface area contributed by atoms with Gasteiger partial charge in [-0.2, -0.15) is 0 Å². The highest BCUT2D eigenvalue weighted by Gasteiger charge is 2.34. The van der Waals surface area contributed by atoms with E-state index in [0.717, 1.165) is 11.1 Å². The fourth-order valence-electron chi connectivity index (χ4n) is 2.57. The molecular weight excluding hydrogens is 254 g/mol. The second-order valence-electron chi connectivity index (χ2n) is 4.92. The van der Waals surface area contributed by atoms with E-state index in [-0.39, 0.29) is 6.42 Å². The number of allylic oxidation sites excluding steroid dienone is 4. The highest BCUT2D eigenvalue weighted by Crippen LogP contribution is 2.41. The lowest BCUT2D eigenvalue weighted by Crippen LogP contribution is -2.20. The fourth-order valence-corrected chi connectivity index (χ4v) is 2.57. The molecule has 3 rings (SSSR count). The van der Waals surface area contributed by atoms with Gasteiger partial charge in [0.2, 0.25) is 0 Å². The molecule has 1 atom stereocenters. The lowest BCUT2D eigenvalue weighted by molar-refractivity contribution is 0.217. The molecule has 1 aliphatic carbocycles. The van der Waals surface area contributed by atoms with Crippen molar-refractivity contribution in [1.82, 2.24) is 0 Å². The van der Waals surface area contributed by atoms with Crippen LogP contribution >= 0.6 is 0 Å². The molecule has 100 valence electrons. The standard InChI is InChI=1S/C18H14F2/c19-15-9-6-12-18(20,13-15)17-11-5-4-10-16(17)14-7-2-1-3-8-14/h1-12H,13H2. The Kier molecular flexibility index (Phi) is 3.23. The van der Waals surface area contributed by atoms with Crippen LogP contribution in [0.25, 0.3) is 11.1 Å². The van der Waals surface area contributed by atoms with Crippen molar-refractivity contribution in [1.29, 1.82) is 0 Å². The molecule has 0 radical (unpaired) electrons. The molecule has 1 unspecified atom stereocenters. The Bertz CT molecular complexity index is 671. The van der Waals surface area contributed by atoms with Crippen molar-refractivity contribution in [3.63, 3.8) is 0 Å². The van der Waals surface area contributed by atoms with Crippen molar-refractivity contribution < 1.29 is 8.78 Å². The quantitative estimate of drug-likeness (QED) is 0.690. The lowest BCUT2D eigenvalue weighted by Gasteiger charge is -2.26. The first-order valence-electron chi connectivity index (χ1n) is 6.57. The van der Waals surface area contributed by atoms with Gasteiger partial charge in [0.1, 0.15) is 5.83 Å². The second kappa shape index (κ2) is 5.04. The van der Waals surface area contributed by atoms with E-state index in [0.29, 0.717) is 5.56 Å². The zero-order valence-corrected chi connectivity index (χ0v) is 10.9. The number of hydrogen-bond acceptors (Lipinski definition) is 0. The maximum atomic E-state index is 15.1. The van der Waals surface area contributed by atoms with Gasteiger partial charge in [0, 0.05) is 12.0 Å². The van der Waals surface area contributed by atoms with E-state index in [9.17, 15) is 4.39 Å².